The standard InChI is InChI=1S/C19H24O3/c1-18-7-5-11(20)9-15(18)16(21)10-12-13-3-4-17(22)19(13,2)8-6-14(12)18/h9,12-14H,3-8,10H2,1-2H3/t12-,13-,14+,18+,19-/m0/s1. The van der Waals surface area contributed by atoms with E-state index < -0.39 is 0 Å². The quantitative estimate of drug-likeness (QED) is 0.690. The third kappa shape index (κ3) is 1.65. The molecule has 0 N–H and O–H groups in total. The van der Waals surface area contributed by atoms with E-state index in [1.54, 1.807) is 6.08 Å². The van der Waals surface area contributed by atoms with E-state index in [1.165, 1.54) is 0 Å². The van der Waals surface area contributed by atoms with E-state index in [0.29, 0.717) is 42.8 Å². The van der Waals surface area contributed by atoms with Gasteiger partial charge in [0.1, 0.15) is 5.78 Å². The van der Waals surface area contributed by atoms with Gasteiger partial charge in [0.05, 0.1) is 0 Å². The summed E-state index contributed by atoms with van der Waals surface area (Å²) in [4.78, 5) is 36.8. The van der Waals surface area contributed by atoms with E-state index in [4.69, 9.17) is 0 Å². The van der Waals surface area contributed by atoms with Crippen LogP contribution in [0.4, 0.5) is 0 Å². The molecule has 0 amide bonds. The summed E-state index contributed by atoms with van der Waals surface area (Å²) >= 11 is 0. The summed E-state index contributed by atoms with van der Waals surface area (Å²) in [6, 6.07) is 0. The number of hydrogen-bond acceptors (Lipinski definition) is 3. The Balaban J connectivity index is 1.76. The molecule has 0 saturated heterocycles. The van der Waals surface area contributed by atoms with Crippen LogP contribution >= 0.6 is 0 Å². The lowest BCUT2D eigenvalue weighted by Gasteiger charge is -2.56. The van der Waals surface area contributed by atoms with Gasteiger partial charge in [0.2, 0.25) is 0 Å². The van der Waals surface area contributed by atoms with Crippen LogP contribution in [0.3, 0.4) is 0 Å². The van der Waals surface area contributed by atoms with Crippen LogP contribution in [0, 0.1) is 28.6 Å². The van der Waals surface area contributed by atoms with Crippen LogP contribution in [0.25, 0.3) is 0 Å². The zero-order valence-electron chi connectivity index (χ0n) is 13.5. The van der Waals surface area contributed by atoms with Crippen molar-refractivity contribution in [2.24, 2.45) is 28.6 Å². The van der Waals surface area contributed by atoms with Crippen LogP contribution in [0.2, 0.25) is 0 Å². The summed E-state index contributed by atoms with van der Waals surface area (Å²) in [5.41, 5.74) is 0.461. The van der Waals surface area contributed by atoms with Crippen LogP contribution in [0.5, 0.6) is 0 Å². The Morgan fingerprint density at radius 3 is 2.45 bits per heavy atom. The maximum absolute atomic E-state index is 12.7. The molecule has 0 spiro atoms. The van der Waals surface area contributed by atoms with Gasteiger partial charge in [0.25, 0.3) is 0 Å². The van der Waals surface area contributed by atoms with Crippen molar-refractivity contribution in [1.82, 2.24) is 0 Å². The van der Waals surface area contributed by atoms with Gasteiger partial charge in [-0.2, -0.15) is 0 Å². The Labute approximate surface area is 131 Å². The fraction of sp³-hybridized carbons (Fsp3) is 0.737. The molecule has 0 heterocycles. The Morgan fingerprint density at radius 1 is 0.955 bits per heavy atom. The molecule has 0 aromatic rings. The molecule has 0 aliphatic heterocycles. The molecule has 22 heavy (non-hydrogen) atoms. The summed E-state index contributed by atoms with van der Waals surface area (Å²) in [6.45, 7) is 4.32. The van der Waals surface area contributed by atoms with Crippen LogP contribution in [0.1, 0.15) is 58.8 Å². The molecule has 3 heteroatoms. The van der Waals surface area contributed by atoms with Crippen LogP contribution < -0.4 is 0 Å². The molecular weight excluding hydrogens is 276 g/mol. The highest BCUT2D eigenvalue weighted by Gasteiger charge is 2.60. The van der Waals surface area contributed by atoms with Crippen LogP contribution in [0.15, 0.2) is 11.6 Å². The van der Waals surface area contributed by atoms with Crippen LogP contribution in [-0.4, -0.2) is 17.3 Å². The number of carbonyl (C=O) groups excluding carboxylic acids is 3. The lowest BCUT2D eigenvalue weighted by atomic mass is 9.47. The third-order valence-electron chi connectivity index (χ3n) is 7.50. The van der Waals surface area contributed by atoms with Gasteiger partial charge in [-0.25, -0.2) is 0 Å². The fourth-order valence-electron chi connectivity index (χ4n) is 6.16. The lowest BCUT2D eigenvalue weighted by molar-refractivity contribution is -0.138. The first-order valence-electron chi connectivity index (χ1n) is 8.68. The van der Waals surface area contributed by atoms with Gasteiger partial charge >= 0.3 is 0 Å². The van der Waals surface area contributed by atoms with Gasteiger partial charge in [0, 0.05) is 30.3 Å². The SMILES string of the molecule is C[C@]12CCC(=O)C=C1C(=O)C[C@@H]1[C@H]2CC[C@]2(C)C(=O)CC[C@@H]12. The highest BCUT2D eigenvalue weighted by Crippen LogP contribution is 2.63. The fourth-order valence-corrected chi connectivity index (χ4v) is 6.16. The summed E-state index contributed by atoms with van der Waals surface area (Å²) in [5.74, 6) is 1.87. The first-order valence-corrected chi connectivity index (χ1v) is 8.68. The smallest absolute Gasteiger partial charge is 0.159 e. The number of carbonyl (C=O) groups is 3. The average molecular weight is 300 g/mol. The molecule has 0 aromatic carbocycles. The highest BCUT2D eigenvalue weighted by atomic mass is 16.1. The van der Waals surface area contributed by atoms with E-state index in [9.17, 15) is 14.4 Å². The minimum atomic E-state index is -0.191. The molecule has 4 aliphatic rings. The maximum atomic E-state index is 12.7. The number of ketones is 3. The molecule has 4 rings (SSSR count). The van der Waals surface area contributed by atoms with Crippen molar-refractivity contribution in [2.45, 2.75) is 58.8 Å². The summed E-state index contributed by atoms with van der Waals surface area (Å²) in [7, 11) is 0. The topological polar surface area (TPSA) is 51.2 Å². The Hall–Kier alpha value is -1.25. The monoisotopic (exact) mass is 300 g/mol. The second kappa shape index (κ2) is 4.39. The molecule has 3 fully saturated rings. The van der Waals surface area contributed by atoms with Gasteiger partial charge in [-0.1, -0.05) is 13.8 Å². The van der Waals surface area contributed by atoms with Crippen molar-refractivity contribution in [3.05, 3.63) is 11.6 Å². The largest absolute Gasteiger partial charge is 0.299 e. The van der Waals surface area contributed by atoms with Gasteiger partial charge in [-0.15, -0.1) is 0 Å². The second-order valence-electron chi connectivity index (χ2n) is 8.36. The molecule has 0 aromatic heterocycles. The van der Waals surface area contributed by atoms with Gasteiger partial charge in [-0.05, 0) is 54.9 Å². The van der Waals surface area contributed by atoms with Crippen molar-refractivity contribution in [3.63, 3.8) is 0 Å². The molecule has 0 bridgehead atoms. The molecule has 3 nitrogen and oxygen atoms in total. The molecule has 3 saturated carbocycles. The number of hydrogen-bond donors (Lipinski definition) is 0. The van der Waals surface area contributed by atoms with E-state index in [2.05, 4.69) is 13.8 Å². The van der Waals surface area contributed by atoms with E-state index in [0.717, 1.165) is 31.3 Å². The Bertz CT molecular complexity index is 616. The van der Waals surface area contributed by atoms with Gasteiger partial charge in [0.15, 0.2) is 11.6 Å². The predicted octanol–water partition coefficient (Wildman–Crippen LogP) is 3.27. The summed E-state index contributed by atoms with van der Waals surface area (Å²) < 4.78 is 0. The lowest BCUT2D eigenvalue weighted by Crippen LogP contribution is -2.53. The minimum absolute atomic E-state index is 0.107. The maximum Gasteiger partial charge on any atom is 0.159 e. The summed E-state index contributed by atoms with van der Waals surface area (Å²) in [6.07, 6.45) is 7.19. The molecule has 4 aliphatic carbocycles. The first kappa shape index (κ1) is 14.3. The Morgan fingerprint density at radius 2 is 1.68 bits per heavy atom. The van der Waals surface area contributed by atoms with Crippen molar-refractivity contribution < 1.29 is 14.4 Å². The molecule has 118 valence electrons. The summed E-state index contributed by atoms with van der Waals surface area (Å²) in [5, 5.41) is 0. The van der Waals surface area contributed by atoms with Crippen molar-refractivity contribution in [2.75, 3.05) is 0 Å². The molecule has 0 unspecified atom stereocenters. The van der Waals surface area contributed by atoms with E-state index in [-0.39, 0.29) is 22.4 Å². The van der Waals surface area contributed by atoms with Crippen molar-refractivity contribution in [3.8, 4) is 0 Å². The zero-order chi connectivity index (χ0) is 15.7. The van der Waals surface area contributed by atoms with E-state index >= 15 is 0 Å². The van der Waals surface area contributed by atoms with Crippen LogP contribution in [-0.2, 0) is 14.4 Å². The van der Waals surface area contributed by atoms with Gasteiger partial charge in [-0.3, -0.25) is 14.4 Å². The second-order valence-corrected chi connectivity index (χ2v) is 8.36. The van der Waals surface area contributed by atoms with Gasteiger partial charge < -0.3 is 0 Å². The normalized spacial score (nSPS) is 47.6. The van der Waals surface area contributed by atoms with Crippen molar-refractivity contribution in [1.29, 1.82) is 0 Å². The first-order chi connectivity index (χ1) is 10.4. The third-order valence-corrected chi connectivity index (χ3v) is 7.50. The van der Waals surface area contributed by atoms with Crippen molar-refractivity contribution >= 4 is 17.3 Å². The number of Topliss-reactive ketones (excluding diaryl/α,β-unsaturated/α-hetero) is 2. The molecular formula is C19H24O3. The number of rotatable bonds is 0. The zero-order valence-corrected chi connectivity index (χ0v) is 13.5. The number of fused-ring (bicyclic) bond motifs is 5. The predicted molar refractivity (Wildman–Crippen MR) is 82.1 cm³/mol. The highest BCUT2D eigenvalue weighted by molar-refractivity contribution is 6.06. The minimum Gasteiger partial charge on any atom is -0.299 e. The number of allylic oxidation sites excluding steroid dienone is 1. The molecule has 0 radical (unpaired) electrons. The molecule has 5 atom stereocenters. The Kier molecular flexibility index (Phi) is 2.87. The average Bonchev–Trinajstić information content (AvgIpc) is 2.77. The van der Waals surface area contributed by atoms with E-state index in [1.807, 2.05) is 0 Å².